The minimum absolute atomic E-state index is 0.131. The van der Waals surface area contributed by atoms with E-state index in [1.54, 1.807) is 24.6 Å². The highest BCUT2D eigenvalue weighted by atomic mass is 32.2. The summed E-state index contributed by atoms with van der Waals surface area (Å²) in [5, 5.41) is 5.64. The molecule has 3 heterocycles. The summed E-state index contributed by atoms with van der Waals surface area (Å²) >= 11 is 4.73. The van der Waals surface area contributed by atoms with Gasteiger partial charge in [-0.1, -0.05) is 18.7 Å². The Labute approximate surface area is 205 Å². The standard InChI is InChI=1S/C24H27N3O3S3/c1-3-30-24(29)20-15-9-8-13(2)10-17(15)33-23(20)27-18(28)11-31-21-19-14-6-4-5-7-16(14)32-22(19)26-12-25-21/h12-13H,3-11H2,1-2H3,(H,27,28)/t13-/m0/s1. The van der Waals surface area contributed by atoms with Gasteiger partial charge in [-0.25, -0.2) is 14.8 Å². The molecule has 2 aliphatic rings. The van der Waals surface area contributed by atoms with E-state index >= 15 is 0 Å². The number of ether oxygens (including phenoxy) is 1. The molecule has 0 aliphatic heterocycles. The molecule has 2 aliphatic carbocycles. The van der Waals surface area contributed by atoms with Crippen LogP contribution in [0.25, 0.3) is 10.2 Å². The van der Waals surface area contributed by atoms with E-state index < -0.39 is 0 Å². The van der Waals surface area contributed by atoms with Gasteiger partial charge in [0.1, 0.15) is 21.2 Å². The number of esters is 1. The molecule has 33 heavy (non-hydrogen) atoms. The minimum Gasteiger partial charge on any atom is -0.462 e. The van der Waals surface area contributed by atoms with Crippen molar-refractivity contribution in [1.82, 2.24) is 9.97 Å². The molecule has 1 atom stereocenters. The van der Waals surface area contributed by atoms with Gasteiger partial charge in [-0.05, 0) is 68.9 Å². The normalized spacial score (nSPS) is 17.5. The number of carbonyl (C=O) groups excluding carboxylic acids is 2. The molecule has 0 fully saturated rings. The molecule has 1 amide bonds. The van der Waals surface area contributed by atoms with Gasteiger partial charge in [0.15, 0.2) is 0 Å². The molecule has 6 nitrogen and oxygen atoms in total. The fraction of sp³-hybridized carbons (Fsp3) is 0.500. The summed E-state index contributed by atoms with van der Waals surface area (Å²) in [5.74, 6) is 0.350. The fourth-order valence-electron chi connectivity index (χ4n) is 4.73. The van der Waals surface area contributed by atoms with E-state index in [0.29, 0.717) is 23.1 Å². The van der Waals surface area contributed by atoms with E-state index in [1.165, 1.54) is 51.3 Å². The van der Waals surface area contributed by atoms with Crippen LogP contribution in [-0.2, 0) is 35.2 Å². The van der Waals surface area contributed by atoms with Crippen LogP contribution in [0.2, 0.25) is 0 Å². The zero-order valence-corrected chi connectivity index (χ0v) is 21.3. The maximum atomic E-state index is 12.9. The van der Waals surface area contributed by atoms with Crippen LogP contribution in [0.15, 0.2) is 11.4 Å². The number of thioether (sulfide) groups is 1. The third-order valence-corrected chi connectivity index (χ3v) is 9.66. The molecule has 5 rings (SSSR count). The summed E-state index contributed by atoms with van der Waals surface area (Å²) in [6, 6.07) is 0. The number of nitrogens with zero attached hydrogens (tertiary/aromatic N) is 2. The first-order valence-corrected chi connectivity index (χ1v) is 14.2. The van der Waals surface area contributed by atoms with Crippen LogP contribution in [0.4, 0.5) is 5.00 Å². The predicted octanol–water partition coefficient (Wildman–Crippen LogP) is 5.66. The average Bonchev–Trinajstić information content (AvgIpc) is 3.35. The Morgan fingerprint density at radius 1 is 1.15 bits per heavy atom. The number of carbonyl (C=O) groups is 2. The van der Waals surface area contributed by atoms with Crippen LogP contribution in [0.5, 0.6) is 0 Å². The predicted molar refractivity (Wildman–Crippen MR) is 135 cm³/mol. The molecule has 0 bridgehead atoms. The summed E-state index contributed by atoms with van der Waals surface area (Å²) in [6.45, 7) is 4.35. The van der Waals surface area contributed by atoms with Crippen molar-refractivity contribution in [1.29, 1.82) is 0 Å². The summed E-state index contributed by atoms with van der Waals surface area (Å²) in [6.07, 6.45) is 9.03. The lowest BCUT2D eigenvalue weighted by molar-refractivity contribution is -0.113. The number of anilines is 1. The topological polar surface area (TPSA) is 81.2 Å². The third-order valence-electron chi connectivity index (χ3n) is 6.30. The molecule has 0 spiro atoms. The number of aryl methyl sites for hydroxylation is 2. The zero-order chi connectivity index (χ0) is 22.9. The minimum atomic E-state index is -0.338. The van der Waals surface area contributed by atoms with Crippen molar-refractivity contribution >= 4 is 61.5 Å². The van der Waals surface area contributed by atoms with Crippen LogP contribution in [0.1, 0.15) is 64.3 Å². The Kier molecular flexibility index (Phi) is 6.72. The van der Waals surface area contributed by atoms with Gasteiger partial charge in [0, 0.05) is 15.1 Å². The number of hydrogen-bond acceptors (Lipinski definition) is 8. The Balaban J connectivity index is 1.35. The van der Waals surface area contributed by atoms with E-state index in [2.05, 4.69) is 22.2 Å². The molecule has 3 aromatic rings. The second kappa shape index (κ2) is 9.72. The number of fused-ring (bicyclic) bond motifs is 4. The number of rotatable bonds is 6. The Morgan fingerprint density at radius 2 is 2.00 bits per heavy atom. The Morgan fingerprint density at radius 3 is 2.85 bits per heavy atom. The van der Waals surface area contributed by atoms with Crippen LogP contribution in [0, 0.1) is 5.92 Å². The number of amides is 1. The summed E-state index contributed by atoms with van der Waals surface area (Å²) in [4.78, 5) is 38.3. The molecule has 9 heteroatoms. The summed E-state index contributed by atoms with van der Waals surface area (Å²) in [5.41, 5.74) is 2.98. The zero-order valence-electron chi connectivity index (χ0n) is 18.9. The smallest absolute Gasteiger partial charge is 0.341 e. The first-order chi connectivity index (χ1) is 16.0. The van der Waals surface area contributed by atoms with Gasteiger partial charge in [-0.2, -0.15) is 0 Å². The van der Waals surface area contributed by atoms with Crippen LogP contribution >= 0.6 is 34.4 Å². The largest absolute Gasteiger partial charge is 0.462 e. The number of nitrogens with one attached hydrogen (secondary N) is 1. The molecule has 1 N–H and O–H groups in total. The number of thiophene rings is 2. The van der Waals surface area contributed by atoms with E-state index in [-0.39, 0.29) is 17.6 Å². The Bertz CT molecular complexity index is 1220. The highest BCUT2D eigenvalue weighted by molar-refractivity contribution is 8.00. The summed E-state index contributed by atoms with van der Waals surface area (Å²) in [7, 11) is 0. The lowest BCUT2D eigenvalue weighted by Gasteiger charge is -2.18. The summed E-state index contributed by atoms with van der Waals surface area (Å²) < 4.78 is 5.32. The van der Waals surface area contributed by atoms with Gasteiger partial charge in [0.2, 0.25) is 5.91 Å². The first-order valence-electron chi connectivity index (χ1n) is 11.5. The third kappa shape index (κ3) is 4.55. The monoisotopic (exact) mass is 501 g/mol. The van der Waals surface area contributed by atoms with E-state index in [4.69, 9.17) is 4.74 Å². The number of hydrogen-bond donors (Lipinski definition) is 1. The van der Waals surface area contributed by atoms with E-state index in [9.17, 15) is 9.59 Å². The quantitative estimate of drug-likeness (QED) is 0.266. The van der Waals surface area contributed by atoms with Crippen molar-refractivity contribution in [3.05, 3.63) is 32.8 Å². The van der Waals surface area contributed by atoms with Crippen molar-refractivity contribution in [3.63, 3.8) is 0 Å². The van der Waals surface area contributed by atoms with Crippen LogP contribution < -0.4 is 5.32 Å². The fourth-order valence-corrected chi connectivity index (χ4v) is 8.26. The van der Waals surface area contributed by atoms with Gasteiger partial charge in [-0.3, -0.25) is 4.79 Å². The van der Waals surface area contributed by atoms with E-state index in [0.717, 1.165) is 52.9 Å². The highest BCUT2D eigenvalue weighted by Gasteiger charge is 2.29. The lowest BCUT2D eigenvalue weighted by Crippen LogP contribution is -2.17. The highest BCUT2D eigenvalue weighted by Crippen LogP contribution is 2.41. The molecular weight excluding hydrogens is 474 g/mol. The van der Waals surface area contributed by atoms with Gasteiger partial charge < -0.3 is 10.1 Å². The maximum Gasteiger partial charge on any atom is 0.341 e. The molecule has 3 aromatic heterocycles. The maximum absolute atomic E-state index is 12.9. The molecule has 0 unspecified atom stereocenters. The molecule has 0 saturated heterocycles. The number of aromatic nitrogens is 2. The van der Waals surface area contributed by atoms with Crippen molar-refractivity contribution < 1.29 is 14.3 Å². The van der Waals surface area contributed by atoms with Crippen molar-refractivity contribution in [3.8, 4) is 0 Å². The second-order valence-corrected chi connectivity index (χ2v) is 11.8. The molecule has 0 aromatic carbocycles. The molecule has 0 radical (unpaired) electrons. The molecule has 0 saturated carbocycles. The average molecular weight is 502 g/mol. The molecule has 174 valence electrons. The second-order valence-electron chi connectivity index (χ2n) is 8.68. The lowest BCUT2D eigenvalue weighted by atomic mass is 9.88. The van der Waals surface area contributed by atoms with Gasteiger partial charge >= 0.3 is 5.97 Å². The van der Waals surface area contributed by atoms with Crippen molar-refractivity contribution in [2.45, 2.75) is 63.8 Å². The van der Waals surface area contributed by atoms with Gasteiger partial charge in [-0.15, -0.1) is 22.7 Å². The van der Waals surface area contributed by atoms with Gasteiger partial charge in [0.05, 0.1) is 17.9 Å². The van der Waals surface area contributed by atoms with Crippen molar-refractivity contribution in [2.75, 3.05) is 17.7 Å². The Hall–Kier alpha value is -1.97. The SMILES string of the molecule is CCOC(=O)c1c(NC(=O)CSc2ncnc3sc4c(c23)CCCC4)sc2c1CC[C@H](C)C2. The van der Waals surface area contributed by atoms with Crippen LogP contribution in [0.3, 0.4) is 0 Å². The van der Waals surface area contributed by atoms with Gasteiger partial charge in [0.25, 0.3) is 0 Å². The van der Waals surface area contributed by atoms with Crippen molar-refractivity contribution in [2.24, 2.45) is 5.92 Å². The van der Waals surface area contributed by atoms with Crippen LogP contribution in [-0.4, -0.2) is 34.2 Å². The molecular formula is C24H27N3O3S3. The van der Waals surface area contributed by atoms with E-state index in [1.807, 2.05) is 0 Å². The first kappa shape index (κ1) is 22.8.